The van der Waals surface area contributed by atoms with Gasteiger partial charge in [-0.3, -0.25) is 0 Å². The van der Waals surface area contributed by atoms with E-state index >= 15 is 0 Å². The van der Waals surface area contributed by atoms with Crippen LogP contribution in [0.15, 0.2) is 22.7 Å². The first-order valence-corrected chi connectivity index (χ1v) is 6.09. The van der Waals surface area contributed by atoms with Crippen molar-refractivity contribution in [1.82, 2.24) is 0 Å². The number of halogens is 7. The number of rotatable bonds is 5. The quantitative estimate of drug-likeness (QED) is 0.556. The smallest absolute Gasteiger partial charge is 0.465 e. The van der Waals surface area contributed by atoms with Crippen molar-refractivity contribution in [2.45, 2.75) is 18.8 Å². The summed E-state index contributed by atoms with van der Waals surface area (Å²) in [6.45, 7) is 0. The fourth-order valence-electron chi connectivity index (χ4n) is 1.21. The second kappa shape index (κ2) is 6.73. The summed E-state index contributed by atoms with van der Waals surface area (Å²) >= 11 is 2.76. The predicted octanol–water partition coefficient (Wildman–Crippen LogP) is 4.04. The van der Waals surface area contributed by atoms with E-state index in [1.54, 1.807) is 0 Å². The minimum Gasteiger partial charge on any atom is -0.465 e. The number of hydrogen-bond donors (Lipinski definition) is 0. The van der Waals surface area contributed by atoms with Gasteiger partial charge in [-0.15, -0.1) is 13.2 Å². The molecule has 0 saturated heterocycles. The molecular weight excluding hydrogens is 390 g/mol. The van der Waals surface area contributed by atoms with Crippen LogP contribution < -0.4 is 4.74 Å². The lowest BCUT2D eigenvalue weighted by Gasteiger charge is -2.22. The first-order valence-electron chi connectivity index (χ1n) is 5.29. The average molecular weight is 397 g/mol. The maximum atomic E-state index is 13.2. The molecule has 0 amide bonds. The zero-order chi connectivity index (χ0) is 17.1. The molecule has 0 aliphatic heterocycles. The molecule has 0 spiro atoms. The minimum absolute atomic E-state index is 0.0478. The third-order valence-corrected chi connectivity index (χ3v) is 2.72. The molecule has 11 heteroatoms. The summed E-state index contributed by atoms with van der Waals surface area (Å²) in [7, 11) is 1.08. The van der Waals surface area contributed by atoms with E-state index in [1.807, 2.05) is 0 Å². The molecule has 0 aliphatic rings. The van der Waals surface area contributed by atoms with Gasteiger partial charge >= 0.3 is 24.8 Å². The minimum atomic E-state index is -5.60. The Labute approximate surface area is 128 Å². The summed E-state index contributed by atoms with van der Waals surface area (Å²) in [6.07, 6.45) is -14.6. The summed E-state index contributed by atoms with van der Waals surface area (Å²) < 4.78 is 85.0. The molecule has 1 unspecified atom stereocenters. The first kappa shape index (κ1) is 18.6. The molecule has 0 aromatic heterocycles. The summed E-state index contributed by atoms with van der Waals surface area (Å²) in [5, 5.41) is 0. The van der Waals surface area contributed by atoms with Crippen molar-refractivity contribution in [3.8, 4) is 5.75 Å². The molecular formula is C11H7BrF6O4. The Morgan fingerprint density at radius 1 is 1.23 bits per heavy atom. The lowest BCUT2D eigenvalue weighted by molar-refractivity contribution is -0.411. The van der Waals surface area contributed by atoms with Crippen LogP contribution >= 0.6 is 15.9 Å². The average Bonchev–Trinajstić information content (AvgIpc) is 2.38. The van der Waals surface area contributed by atoms with Gasteiger partial charge in [0, 0.05) is 0 Å². The molecule has 1 atom stereocenters. The predicted molar refractivity (Wildman–Crippen MR) is 63.1 cm³/mol. The molecule has 0 aliphatic carbocycles. The van der Waals surface area contributed by atoms with Crippen LogP contribution in [-0.4, -0.2) is 31.9 Å². The fourth-order valence-corrected chi connectivity index (χ4v) is 1.67. The van der Waals surface area contributed by atoms with Gasteiger partial charge in [0.2, 0.25) is 0 Å². The Kier molecular flexibility index (Phi) is 5.68. The molecule has 1 aromatic carbocycles. The van der Waals surface area contributed by atoms with Crippen molar-refractivity contribution in [1.29, 1.82) is 0 Å². The van der Waals surface area contributed by atoms with Crippen LogP contribution in [0.3, 0.4) is 0 Å². The summed E-state index contributed by atoms with van der Waals surface area (Å²) in [5.74, 6) is -1.49. The van der Waals surface area contributed by atoms with Crippen molar-refractivity contribution in [3.63, 3.8) is 0 Å². The lowest BCUT2D eigenvalue weighted by atomic mass is 10.2. The molecule has 0 fully saturated rings. The van der Waals surface area contributed by atoms with Crippen molar-refractivity contribution in [2.75, 3.05) is 7.11 Å². The highest BCUT2D eigenvalue weighted by atomic mass is 79.9. The largest absolute Gasteiger partial charge is 0.525 e. The van der Waals surface area contributed by atoms with Crippen LogP contribution in [0.4, 0.5) is 26.3 Å². The van der Waals surface area contributed by atoms with Crippen molar-refractivity contribution in [2.24, 2.45) is 0 Å². The van der Waals surface area contributed by atoms with E-state index in [4.69, 9.17) is 0 Å². The zero-order valence-corrected chi connectivity index (χ0v) is 12.2. The van der Waals surface area contributed by atoms with Crippen molar-refractivity contribution >= 4 is 21.9 Å². The van der Waals surface area contributed by atoms with Crippen LogP contribution in [-0.2, 0) is 9.47 Å². The van der Waals surface area contributed by atoms with E-state index in [0.717, 1.165) is 25.3 Å². The summed E-state index contributed by atoms with van der Waals surface area (Å²) in [6, 6.07) is 2.83. The monoisotopic (exact) mass is 396 g/mol. The van der Waals surface area contributed by atoms with Gasteiger partial charge in [-0.2, -0.15) is 8.78 Å². The normalized spacial score (nSPS) is 13.6. The van der Waals surface area contributed by atoms with E-state index in [-0.39, 0.29) is 10.0 Å². The van der Waals surface area contributed by atoms with Gasteiger partial charge in [0.1, 0.15) is 5.75 Å². The zero-order valence-electron chi connectivity index (χ0n) is 10.6. The SMILES string of the molecule is COC(=O)c1ccc(OC(F)(F)C(F)OC(F)(F)F)c(Br)c1. The van der Waals surface area contributed by atoms with E-state index in [1.165, 1.54) is 0 Å². The number of esters is 1. The highest BCUT2D eigenvalue weighted by Crippen LogP contribution is 2.35. The standard InChI is InChI=1S/C11H7BrF6O4/c1-20-8(19)5-2-3-7(6(12)4-5)21-10(14,15)9(13)22-11(16,17)18/h2-4,9H,1H3. The highest BCUT2D eigenvalue weighted by Gasteiger charge is 2.50. The van der Waals surface area contributed by atoms with Gasteiger partial charge < -0.3 is 9.47 Å². The molecule has 22 heavy (non-hydrogen) atoms. The summed E-state index contributed by atoms with van der Waals surface area (Å²) in [5.41, 5.74) is -0.0478. The molecule has 1 aromatic rings. The molecule has 124 valence electrons. The lowest BCUT2D eigenvalue weighted by Crippen LogP contribution is -2.41. The van der Waals surface area contributed by atoms with E-state index < -0.39 is 30.5 Å². The number of hydrogen-bond acceptors (Lipinski definition) is 4. The summed E-state index contributed by atoms with van der Waals surface area (Å²) in [4.78, 5) is 11.2. The van der Waals surface area contributed by atoms with E-state index in [0.29, 0.717) is 0 Å². The number of carbonyl (C=O) groups is 1. The molecule has 0 N–H and O–H groups in total. The Balaban J connectivity index is 2.91. The van der Waals surface area contributed by atoms with Crippen LogP contribution in [0.2, 0.25) is 0 Å². The van der Waals surface area contributed by atoms with Gasteiger partial charge in [0.05, 0.1) is 17.1 Å². The number of alkyl halides is 6. The Morgan fingerprint density at radius 2 is 1.82 bits per heavy atom. The van der Waals surface area contributed by atoms with Gasteiger partial charge in [-0.25, -0.2) is 13.9 Å². The van der Waals surface area contributed by atoms with Gasteiger partial charge in [-0.05, 0) is 34.1 Å². The molecule has 4 nitrogen and oxygen atoms in total. The number of methoxy groups -OCH3 is 1. The number of carbonyl (C=O) groups excluding carboxylic acids is 1. The van der Waals surface area contributed by atoms with E-state index in [9.17, 15) is 31.1 Å². The third-order valence-electron chi connectivity index (χ3n) is 2.10. The van der Waals surface area contributed by atoms with Gasteiger partial charge in [0.25, 0.3) is 0 Å². The van der Waals surface area contributed by atoms with Crippen LogP contribution in [0.25, 0.3) is 0 Å². The second-order valence-corrected chi connectivity index (χ2v) is 4.53. The highest BCUT2D eigenvalue weighted by molar-refractivity contribution is 9.10. The van der Waals surface area contributed by atoms with Crippen LogP contribution in [0.1, 0.15) is 10.4 Å². The first-order chi connectivity index (χ1) is 9.96. The molecule has 0 radical (unpaired) electrons. The van der Waals surface area contributed by atoms with Crippen LogP contribution in [0, 0.1) is 0 Å². The van der Waals surface area contributed by atoms with Crippen molar-refractivity contribution in [3.05, 3.63) is 28.2 Å². The number of ether oxygens (including phenoxy) is 3. The molecule has 0 heterocycles. The molecule has 1 rings (SSSR count). The molecule has 0 saturated carbocycles. The second-order valence-electron chi connectivity index (χ2n) is 3.68. The van der Waals surface area contributed by atoms with E-state index in [2.05, 4.69) is 30.1 Å². The topological polar surface area (TPSA) is 44.8 Å². The number of benzene rings is 1. The maximum absolute atomic E-state index is 13.2. The van der Waals surface area contributed by atoms with Gasteiger partial charge in [0.15, 0.2) is 0 Å². The van der Waals surface area contributed by atoms with Crippen molar-refractivity contribution < 1.29 is 45.3 Å². The Hall–Kier alpha value is -1.49. The van der Waals surface area contributed by atoms with Crippen LogP contribution in [0.5, 0.6) is 5.75 Å². The Morgan fingerprint density at radius 3 is 2.27 bits per heavy atom. The Bertz CT molecular complexity index is 548. The molecule has 0 bridgehead atoms. The third kappa shape index (κ3) is 5.05. The maximum Gasteiger partial charge on any atom is 0.525 e. The van der Waals surface area contributed by atoms with Gasteiger partial charge in [-0.1, -0.05) is 0 Å². The fraction of sp³-hybridized carbons (Fsp3) is 0.364.